The molecule has 1 heterocycles. The Morgan fingerprint density at radius 1 is 0.909 bits per heavy atom. The van der Waals surface area contributed by atoms with Crippen LogP contribution in [-0.2, 0) is 0 Å². The van der Waals surface area contributed by atoms with Crippen LogP contribution >= 0.6 is 11.6 Å². The summed E-state index contributed by atoms with van der Waals surface area (Å²) < 4.78 is 0. The van der Waals surface area contributed by atoms with Gasteiger partial charge in [0.15, 0.2) is 5.82 Å². The minimum absolute atomic E-state index is 0.168. The maximum atomic E-state index is 9.34. The lowest BCUT2D eigenvalue weighted by Crippen LogP contribution is -2.03. The second-order valence-electron chi connectivity index (χ2n) is 4.64. The number of benzene rings is 2. The Kier molecular flexibility index (Phi) is 3.73. The number of nitriles is 1. The van der Waals surface area contributed by atoms with Gasteiger partial charge in [0.25, 0.3) is 0 Å². The van der Waals surface area contributed by atoms with Crippen LogP contribution < -0.4 is 5.73 Å². The Morgan fingerprint density at radius 2 is 1.59 bits per heavy atom. The number of hydrogen-bond acceptors (Lipinski definition) is 4. The molecule has 0 amide bonds. The lowest BCUT2D eigenvalue weighted by molar-refractivity contribution is 1.17. The summed E-state index contributed by atoms with van der Waals surface area (Å²) in [6.45, 7) is 0. The summed E-state index contributed by atoms with van der Waals surface area (Å²) in [7, 11) is 0. The first-order valence-electron chi connectivity index (χ1n) is 6.58. The Balaban J connectivity index is 2.22. The average Bonchev–Trinajstić information content (AvgIpc) is 2.55. The van der Waals surface area contributed by atoms with Crippen molar-refractivity contribution >= 4 is 17.4 Å². The largest absolute Gasteiger partial charge is 0.382 e. The number of nitrogens with zero attached hydrogens (tertiary/aromatic N) is 3. The number of aromatic nitrogens is 2. The van der Waals surface area contributed by atoms with Crippen LogP contribution in [0.25, 0.3) is 22.6 Å². The normalized spacial score (nSPS) is 10.2. The molecule has 0 aliphatic rings. The van der Waals surface area contributed by atoms with Gasteiger partial charge in [-0.3, -0.25) is 0 Å². The minimum atomic E-state index is 0.168. The molecule has 0 aliphatic carbocycles. The molecule has 4 nitrogen and oxygen atoms in total. The van der Waals surface area contributed by atoms with Gasteiger partial charge in [0.2, 0.25) is 0 Å². The highest BCUT2D eigenvalue weighted by molar-refractivity contribution is 6.30. The fourth-order valence-electron chi connectivity index (χ4n) is 2.12. The quantitative estimate of drug-likeness (QED) is 0.778. The van der Waals surface area contributed by atoms with Gasteiger partial charge in [0.05, 0.1) is 5.69 Å². The number of nitrogens with two attached hydrogens (primary N) is 1. The van der Waals surface area contributed by atoms with Crippen molar-refractivity contribution in [2.45, 2.75) is 0 Å². The summed E-state index contributed by atoms with van der Waals surface area (Å²) in [5.74, 6) is 0.656. The lowest BCUT2D eigenvalue weighted by atomic mass is 10.1. The van der Waals surface area contributed by atoms with Crippen LogP contribution in [0.1, 0.15) is 5.56 Å². The Hall–Kier alpha value is -2.90. The number of halogens is 1. The van der Waals surface area contributed by atoms with Gasteiger partial charge in [-0.1, -0.05) is 54.1 Å². The van der Waals surface area contributed by atoms with E-state index in [2.05, 4.69) is 16.0 Å². The zero-order valence-electron chi connectivity index (χ0n) is 11.5. The molecule has 0 bridgehead atoms. The molecule has 106 valence electrons. The number of rotatable bonds is 2. The van der Waals surface area contributed by atoms with E-state index in [4.69, 9.17) is 17.3 Å². The Bertz CT molecular complexity index is 852. The van der Waals surface area contributed by atoms with Crippen molar-refractivity contribution in [2.75, 3.05) is 5.73 Å². The first-order chi connectivity index (χ1) is 10.7. The first-order valence-corrected chi connectivity index (χ1v) is 6.96. The summed E-state index contributed by atoms with van der Waals surface area (Å²) in [4.78, 5) is 8.75. The van der Waals surface area contributed by atoms with E-state index in [-0.39, 0.29) is 11.4 Å². The molecule has 0 radical (unpaired) electrons. The zero-order valence-corrected chi connectivity index (χ0v) is 12.2. The molecule has 0 saturated heterocycles. The van der Waals surface area contributed by atoms with Crippen molar-refractivity contribution < 1.29 is 0 Å². The van der Waals surface area contributed by atoms with Gasteiger partial charge in [0.1, 0.15) is 17.5 Å². The Morgan fingerprint density at radius 3 is 2.23 bits per heavy atom. The zero-order chi connectivity index (χ0) is 15.5. The second kappa shape index (κ2) is 5.84. The van der Waals surface area contributed by atoms with Crippen LogP contribution in [0.5, 0.6) is 0 Å². The van der Waals surface area contributed by atoms with E-state index in [1.807, 2.05) is 30.3 Å². The standard InChI is InChI=1S/C17H11ClN4/c18-13-8-6-11(7-9-13)15-14(10-19)16(20)22-17(21-15)12-4-2-1-3-5-12/h1-9H,(H2,20,21,22). The monoisotopic (exact) mass is 306 g/mol. The van der Waals surface area contributed by atoms with Crippen LogP contribution in [0.3, 0.4) is 0 Å². The fourth-order valence-corrected chi connectivity index (χ4v) is 2.25. The molecule has 0 saturated carbocycles. The maximum Gasteiger partial charge on any atom is 0.162 e. The van der Waals surface area contributed by atoms with Crippen molar-refractivity contribution in [3.05, 3.63) is 65.2 Å². The minimum Gasteiger partial charge on any atom is -0.382 e. The third-order valence-corrected chi connectivity index (χ3v) is 3.45. The lowest BCUT2D eigenvalue weighted by Gasteiger charge is -2.09. The molecular weight excluding hydrogens is 296 g/mol. The summed E-state index contributed by atoms with van der Waals surface area (Å²) in [6.07, 6.45) is 0. The van der Waals surface area contributed by atoms with Gasteiger partial charge in [0, 0.05) is 16.1 Å². The van der Waals surface area contributed by atoms with E-state index < -0.39 is 0 Å². The summed E-state index contributed by atoms with van der Waals surface area (Å²) in [5.41, 5.74) is 8.32. The van der Waals surface area contributed by atoms with Crippen LogP contribution in [0.2, 0.25) is 5.02 Å². The van der Waals surface area contributed by atoms with E-state index >= 15 is 0 Å². The predicted octanol–water partition coefficient (Wildman–Crippen LogP) is 3.92. The van der Waals surface area contributed by atoms with E-state index in [9.17, 15) is 5.26 Å². The third kappa shape index (κ3) is 2.62. The molecule has 0 spiro atoms. The van der Waals surface area contributed by atoms with Crippen LogP contribution in [0.4, 0.5) is 5.82 Å². The smallest absolute Gasteiger partial charge is 0.162 e. The van der Waals surface area contributed by atoms with Crippen molar-refractivity contribution in [1.29, 1.82) is 5.26 Å². The topological polar surface area (TPSA) is 75.6 Å². The molecule has 0 fully saturated rings. The number of anilines is 1. The molecule has 1 aromatic heterocycles. The van der Waals surface area contributed by atoms with E-state index in [0.29, 0.717) is 16.5 Å². The molecule has 2 N–H and O–H groups in total. The van der Waals surface area contributed by atoms with Gasteiger partial charge >= 0.3 is 0 Å². The fraction of sp³-hybridized carbons (Fsp3) is 0. The van der Waals surface area contributed by atoms with Crippen molar-refractivity contribution in [3.63, 3.8) is 0 Å². The van der Waals surface area contributed by atoms with Gasteiger partial charge in [-0.25, -0.2) is 9.97 Å². The van der Waals surface area contributed by atoms with E-state index in [0.717, 1.165) is 11.1 Å². The van der Waals surface area contributed by atoms with E-state index in [1.165, 1.54) is 0 Å². The molecule has 3 rings (SSSR count). The average molecular weight is 307 g/mol. The van der Waals surface area contributed by atoms with E-state index in [1.54, 1.807) is 24.3 Å². The molecular formula is C17H11ClN4. The van der Waals surface area contributed by atoms with Crippen LogP contribution in [-0.4, -0.2) is 9.97 Å². The van der Waals surface area contributed by atoms with Crippen molar-refractivity contribution in [3.8, 4) is 28.7 Å². The Labute approximate surface area is 132 Å². The highest BCUT2D eigenvalue weighted by Gasteiger charge is 2.14. The van der Waals surface area contributed by atoms with Gasteiger partial charge in [-0.2, -0.15) is 5.26 Å². The summed E-state index contributed by atoms with van der Waals surface area (Å²) in [6, 6.07) is 18.7. The van der Waals surface area contributed by atoms with Crippen molar-refractivity contribution in [1.82, 2.24) is 9.97 Å². The maximum absolute atomic E-state index is 9.34. The molecule has 0 atom stereocenters. The molecule has 0 unspecified atom stereocenters. The first kappa shape index (κ1) is 14.1. The second-order valence-corrected chi connectivity index (χ2v) is 5.08. The molecule has 5 heteroatoms. The van der Waals surface area contributed by atoms with Crippen LogP contribution in [0.15, 0.2) is 54.6 Å². The highest BCUT2D eigenvalue weighted by Crippen LogP contribution is 2.28. The summed E-state index contributed by atoms with van der Waals surface area (Å²) in [5, 5.41) is 9.96. The highest BCUT2D eigenvalue weighted by atomic mass is 35.5. The van der Waals surface area contributed by atoms with Gasteiger partial charge in [-0.05, 0) is 12.1 Å². The SMILES string of the molecule is N#Cc1c(N)nc(-c2ccccc2)nc1-c1ccc(Cl)cc1. The van der Waals surface area contributed by atoms with Gasteiger partial charge in [-0.15, -0.1) is 0 Å². The molecule has 0 aliphatic heterocycles. The predicted molar refractivity (Wildman–Crippen MR) is 87.0 cm³/mol. The number of hydrogen-bond donors (Lipinski definition) is 1. The number of nitrogen functional groups attached to an aromatic ring is 1. The molecule has 3 aromatic rings. The molecule has 22 heavy (non-hydrogen) atoms. The van der Waals surface area contributed by atoms with Crippen molar-refractivity contribution in [2.24, 2.45) is 0 Å². The summed E-state index contributed by atoms with van der Waals surface area (Å²) >= 11 is 5.91. The van der Waals surface area contributed by atoms with Gasteiger partial charge < -0.3 is 5.73 Å². The third-order valence-electron chi connectivity index (χ3n) is 3.20. The van der Waals surface area contributed by atoms with Crippen LogP contribution in [0, 0.1) is 11.3 Å². The molecule has 2 aromatic carbocycles.